The number of ether oxygens (including phenoxy) is 1. The van der Waals surface area contributed by atoms with Crippen LogP contribution in [-0.4, -0.2) is 69.5 Å². The summed E-state index contributed by atoms with van der Waals surface area (Å²) in [7, 11) is 3.95. The van der Waals surface area contributed by atoms with Crippen LogP contribution in [0.25, 0.3) is 0 Å². The molecule has 2 fully saturated rings. The number of hydrogen-bond donors (Lipinski definition) is 1. The lowest BCUT2D eigenvalue weighted by atomic mass is 9.79. The Hall–Kier alpha value is -0.160. The minimum absolute atomic E-state index is 0.543. The molecule has 2 aliphatic heterocycles. The van der Waals surface area contributed by atoms with Gasteiger partial charge in [-0.25, -0.2) is 0 Å². The van der Waals surface area contributed by atoms with E-state index in [4.69, 9.17) is 4.74 Å². The molecule has 0 aliphatic carbocycles. The van der Waals surface area contributed by atoms with Gasteiger partial charge >= 0.3 is 0 Å². The molecule has 0 aromatic heterocycles. The first-order valence-electron chi connectivity index (χ1n) is 6.31. The summed E-state index contributed by atoms with van der Waals surface area (Å²) in [5.41, 5.74) is 0.607. The lowest BCUT2D eigenvalue weighted by Gasteiger charge is -2.52. The maximum atomic E-state index is 5.12. The third kappa shape index (κ3) is 2.40. The van der Waals surface area contributed by atoms with Crippen LogP contribution in [0.3, 0.4) is 0 Å². The molecule has 16 heavy (non-hydrogen) atoms. The molecule has 2 saturated heterocycles. The second-order valence-corrected chi connectivity index (χ2v) is 5.44. The third-order valence-electron chi connectivity index (χ3n) is 4.22. The number of nitrogens with zero attached hydrogens (tertiary/aromatic N) is 2. The molecule has 4 nitrogen and oxygen atoms in total. The summed E-state index contributed by atoms with van der Waals surface area (Å²) in [6.07, 6.45) is 1.90. The Morgan fingerprint density at radius 3 is 2.81 bits per heavy atom. The van der Waals surface area contributed by atoms with Crippen LogP contribution in [0.5, 0.6) is 0 Å². The number of likely N-dealkylation sites (tertiary alicyclic amines) is 1. The minimum atomic E-state index is 0.543. The van der Waals surface area contributed by atoms with E-state index >= 15 is 0 Å². The number of likely N-dealkylation sites (N-methyl/N-ethyl adjacent to an activating group) is 1. The van der Waals surface area contributed by atoms with Crippen LogP contribution in [0.4, 0.5) is 0 Å². The molecule has 2 aliphatic rings. The summed E-state index contributed by atoms with van der Waals surface area (Å²) in [5, 5.41) is 3.48. The predicted molar refractivity (Wildman–Crippen MR) is 65.5 cm³/mol. The third-order valence-corrected chi connectivity index (χ3v) is 4.22. The molecule has 0 saturated carbocycles. The Morgan fingerprint density at radius 2 is 2.25 bits per heavy atom. The van der Waals surface area contributed by atoms with E-state index < -0.39 is 0 Å². The maximum absolute atomic E-state index is 5.12. The largest absolute Gasteiger partial charge is 0.383 e. The monoisotopic (exact) mass is 227 g/mol. The van der Waals surface area contributed by atoms with Crippen LogP contribution in [0.2, 0.25) is 0 Å². The van der Waals surface area contributed by atoms with Gasteiger partial charge in [0.05, 0.1) is 12.8 Å². The van der Waals surface area contributed by atoms with E-state index in [1.54, 1.807) is 7.11 Å². The fourth-order valence-electron chi connectivity index (χ4n) is 2.85. The van der Waals surface area contributed by atoms with Crippen molar-refractivity contribution >= 4 is 0 Å². The Labute approximate surface area is 98.9 Å². The fraction of sp³-hybridized carbons (Fsp3) is 1.00. The zero-order valence-electron chi connectivity index (χ0n) is 10.8. The van der Waals surface area contributed by atoms with Crippen molar-refractivity contribution in [3.8, 4) is 0 Å². The van der Waals surface area contributed by atoms with Gasteiger partial charge in [-0.15, -0.1) is 0 Å². The molecule has 2 heterocycles. The Kier molecular flexibility index (Phi) is 3.85. The van der Waals surface area contributed by atoms with Gasteiger partial charge in [-0.2, -0.15) is 0 Å². The first-order chi connectivity index (χ1) is 7.67. The van der Waals surface area contributed by atoms with Gasteiger partial charge in [-0.1, -0.05) is 0 Å². The van der Waals surface area contributed by atoms with E-state index in [-0.39, 0.29) is 0 Å². The summed E-state index contributed by atoms with van der Waals surface area (Å²) in [6.45, 7) is 9.09. The van der Waals surface area contributed by atoms with Gasteiger partial charge in [0.25, 0.3) is 0 Å². The highest BCUT2D eigenvalue weighted by Gasteiger charge is 2.46. The number of methoxy groups -OCH3 is 1. The van der Waals surface area contributed by atoms with Crippen LogP contribution in [0.15, 0.2) is 0 Å². The number of rotatable bonds is 5. The zero-order chi connectivity index (χ0) is 11.6. The van der Waals surface area contributed by atoms with Crippen molar-refractivity contribution in [2.75, 3.05) is 53.5 Å². The molecule has 1 atom stereocenters. The summed E-state index contributed by atoms with van der Waals surface area (Å²) < 4.78 is 5.12. The quantitative estimate of drug-likeness (QED) is 0.726. The molecular weight excluding hydrogens is 202 g/mol. The van der Waals surface area contributed by atoms with E-state index in [0.717, 1.165) is 13.2 Å². The van der Waals surface area contributed by atoms with E-state index in [9.17, 15) is 0 Å². The molecule has 1 spiro atoms. The molecule has 2 rings (SSSR count). The van der Waals surface area contributed by atoms with Crippen LogP contribution in [0.1, 0.15) is 13.3 Å². The highest BCUT2D eigenvalue weighted by molar-refractivity contribution is 5.01. The highest BCUT2D eigenvalue weighted by Crippen LogP contribution is 2.37. The normalized spacial score (nSPS) is 26.2. The topological polar surface area (TPSA) is 27.7 Å². The van der Waals surface area contributed by atoms with E-state index in [2.05, 4.69) is 29.1 Å². The van der Waals surface area contributed by atoms with Crippen molar-refractivity contribution in [1.82, 2.24) is 15.1 Å². The summed E-state index contributed by atoms with van der Waals surface area (Å²) in [4.78, 5) is 4.95. The summed E-state index contributed by atoms with van der Waals surface area (Å²) >= 11 is 0. The van der Waals surface area contributed by atoms with Crippen molar-refractivity contribution in [3.63, 3.8) is 0 Å². The lowest BCUT2D eigenvalue weighted by molar-refractivity contribution is -0.0648. The van der Waals surface area contributed by atoms with Crippen molar-refractivity contribution in [2.24, 2.45) is 5.41 Å². The Morgan fingerprint density at radius 1 is 1.50 bits per heavy atom. The van der Waals surface area contributed by atoms with Crippen LogP contribution >= 0.6 is 0 Å². The average Bonchev–Trinajstić information content (AvgIpc) is 2.71. The second-order valence-electron chi connectivity index (χ2n) is 5.44. The summed E-state index contributed by atoms with van der Waals surface area (Å²) in [6, 6.07) is 0. The van der Waals surface area contributed by atoms with Gasteiger partial charge in [0.15, 0.2) is 0 Å². The van der Waals surface area contributed by atoms with E-state index in [0.29, 0.717) is 11.6 Å². The smallest absolute Gasteiger partial charge is 0.0591 e. The average molecular weight is 227 g/mol. The minimum Gasteiger partial charge on any atom is -0.383 e. The first kappa shape index (κ1) is 12.3. The van der Waals surface area contributed by atoms with Gasteiger partial charge in [0, 0.05) is 38.7 Å². The predicted octanol–water partition coefficient (Wildman–Crippen LogP) is 0.206. The van der Waals surface area contributed by atoms with Gasteiger partial charge < -0.3 is 10.1 Å². The molecule has 0 radical (unpaired) electrons. The van der Waals surface area contributed by atoms with Gasteiger partial charge in [-0.3, -0.25) is 9.80 Å². The SMILES string of the molecule is COCCN(C)C(C)N1CC2(CCNC2)C1. The molecule has 0 aromatic carbocycles. The highest BCUT2D eigenvalue weighted by atomic mass is 16.5. The van der Waals surface area contributed by atoms with Crippen LogP contribution < -0.4 is 5.32 Å². The molecule has 0 amide bonds. The molecule has 4 heteroatoms. The molecule has 1 unspecified atom stereocenters. The van der Waals surface area contributed by atoms with Gasteiger partial charge in [0.2, 0.25) is 0 Å². The van der Waals surface area contributed by atoms with Crippen molar-refractivity contribution < 1.29 is 4.74 Å². The first-order valence-corrected chi connectivity index (χ1v) is 6.31. The van der Waals surface area contributed by atoms with Gasteiger partial charge in [0.1, 0.15) is 0 Å². The zero-order valence-corrected chi connectivity index (χ0v) is 10.8. The standard InChI is InChI=1S/C12H25N3O/c1-11(14(2)6-7-16-3)15-9-12(10-15)4-5-13-8-12/h11,13H,4-10H2,1-3H3. The van der Waals surface area contributed by atoms with E-state index in [1.165, 1.54) is 32.6 Å². The van der Waals surface area contributed by atoms with Gasteiger partial charge in [-0.05, 0) is 26.9 Å². The second kappa shape index (κ2) is 5.00. The molecule has 94 valence electrons. The van der Waals surface area contributed by atoms with Crippen molar-refractivity contribution in [1.29, 1.82) is 0 Å². The molecular formula is C12H25N3O. The van der Waals surface area contributed by atoms with Crippen molar-refractivity contribution in [3.05, 3.63) is 0 Å². The van der Waals surface area contributed by atoms with Crippen molar-refractivity contribution in [2.45, 2.75) is 19.5 Å². The molecule has 1 N–H and O–H groups in total. The fourth-order valence-corrected chi connectivity index (χ4v) is 2.85. The summed E-state index contributed by atoms with van der Waals surface area (Å²) in [5.74, 6) is 0. The Balaban J connectivity index is 1.73. The molecule has 0 bridgehead atoms. The van der Waals surface area contributed by atoms with Crippen LogP contribution in [-0.2, 0) is 4.74 Å². The number of nitrogens with one attached hydrogen (secondary N) is 1. The number of hydrogen-bond acceptors (Lipinski definition) is 4. The maximum Gasteiger partial charge on any atom is 0.0591 e. The van der Waals surface area contributed by atoms with Crippen LogP contribution in [0, 0.1) is 5.41 Å². The lowest BCUT2D eigenvalue weighted by Crippen LogP contribution is -2.63. The molecule has 0 aromatic rings. The van der Waals surface area contributed by atoms with E-state index in [1.807, 2.05) is 0 Å². The Bertz CT molecular complexity index is 220.